The Morgan fingerprint density at radius 2 is 1.75 bits per heavy atom. The van der Waals surface area contributed by atoms with Gasteiger partial charge in [0, 0.05) is 18.8 Å². The van der Waals surface area contributed by atoms with Crippen LogP contribution in [-0.2, 0) is 8.85 Å². The first-order valence-corrected chi connectivity index (χ1v) is 4.81. The first kappa shape index (κ1) is 4.96. The smallest absolute Gasteiger partial charge is 0.324 e. The fourth-order valence-corrected chi connectivity index (χ4v) is 3.60. The monoisotopic (exact) mass is 130 g/mol. The molecule has 2 aliphatic heterocycles. The van der Waals surface area contributed by atoms with Gasteiger partial charge in [0.15, 0.2) is 0 Å². The summed E-state index contributed by atoms with van der Waals surface area (Å²) >= 11 is 0. The number of rotatable bonds is 0. The summed E-state index contributed by atoms with van der Waals surface area (Å²) < 4.78 is 10.8. The maximum Gasteiger partial charge on any atom is 0.324 e. The summed E-state index contributed by atoms with van der Waals surface area (Å²) in [5.41, 5.74) is 0.870. The molecule has 0 spiro atoms. The maximum atomic E-state index is 5.39. The largest absolute Gasteiger partial charge is 0.396 e. The highest BCUT2D eigenvalue weighted by molar-refractivity contribution is 6.47. The van der Waals surface area contributed by atoms with Gasteiger partial charge >= 0.3 is 9.28 Å². The molecule has 0 bridgehead atoms. The summed E-state index contributed by atoms with van der Waals surface area (Å²) in [5, 5.41) is 0. The van der Waals surface area contributed by atoms with E-state index < -0.39 is 9.28 Å². The summed E-state index contributed by atoms with van der Waals surface area (Å²) in [6.45, 7) is 1.95. The van der Waals surface area contributed by atoms with E-state index in [-0.39, 0.29) is 0 Å². The van der Waals surface area contributed by atoms with Crippen molar-refractivity contribution in [2.75, 3.05) is 13.2 Å². The van der Waals surface area contributed by atoms with E-state index in [0.29, 0.717) is 0 Å². The fraction of sp³-hybridized carbons (Fsp3) is 1.00. The maximum absolute atomic E-state index is 5.39. The second kappa shape index (κ2) is 1.82. The van der Waals surface area contributed by atoms with E-state index in [1.54, 1.807) is 0 Å². The molecule has 2 heterocycles. The van der Waals surface area contributed by atoms with Crippen LogP contribution in [0.2, 0.25) is 5.54 Å². The van der Waals surface area contributed by atoms with Crippen molar-refractivity contribution < 1.29 is 8.85 Å². The van der Waals surface area contributed by atoms with Gasteiger partial charge in [-0.3, -0.25) is 0 Å². The van der Waals surface area contributed by atoms with Crippen molar-refractivity contribution >= 4 is 9.28 Å². The first-order valence-electron chi connectivity index (χ1n) is 3.20. The quantitative estimate of drug-likeness (QED) is 0.442. The van der Waals surface area contributed by atoms with E-state index in [0.717, 1.165) is 18.8 Å². The average molecular weight is 130 g/mol. The van der Waals surface area contributed by atoms with Gasteiger partial charge < -0.3 is 8.85 Å². The topological polar surface area (TPSA) is 18.5 Å². The van der Waals surface area contributed by atoms with E-state index in [4.69, 9.17) is 8.85 Å². The average Bonchev–Trinajstić information content (AvgIpc) is 2.15. The second-order valence-electron chi connectivity index (χ2n) is 2.45. The molecule has 0 amide bonds. The highest BCUT2D eigenvalue weighted by Gasteiger charge is 2.36. The Labute approximate surface area is 50.6 Å². The van der Waals surface area contributed by atoms with Crippen LogP contribution >= 0.6 is 0 Å². The van der Waals surface area contributed by atoms with Gasteiger partial charge in [0.25, 0.3) is 0 Å². The zero-order valence-corrected chi connectivity index (χ0v) is 5.95. The predicted octanol–water partition coefficient (Wildman–Crippen LogP) is 0.418. The molecule has 0 aromatic rings. The van der Waals surface area contributed by atoms with Gasteiger partial charge in [-0.1, -0.05) is 0 Å². The summed E-state index contributed by atoms with van der Waals surface area (Å²) in [4.78, 5) is 0. The molecule has 0 aromatic heterocycles. The van der Waals surface area contributed by atoms with E-state index in [1.807, 2.05) is 0 Å². The number of fused-ring (bicyclic) bond motifs is 1. The van der Waals surface area contributed by atoms with Crippen LogP contribution in [0.25, 0.3) is 0 Å². The van der Waals surface area contributed by atoms with Crippen molar-refractivity contribution in [1.29, 1.82) is 0 Å². The Bertz CT molecular complexity index is 76.4. The van der Waals surface area contributed by atoms with Gasteiger partial charge in [0.2, 0.25) is 0 Å². The molecule has 3 heteroatoms. The Hall–Kier alpha value is 0.137. The van der Waals surface area contributed by atoms with Crippen LogP contribution in [0.4, 0.5) is 0 Å². The lowest BCUT2D eigenvalue weighted by molar-refractivity contribution is 0.239. The summed E-state index contributed by atoms with van der Waals surface area (Å²) in [6, 6.07) is 0. The second-order valence-corrected chi connectivity index (χ2v) is 4.79. The molecule has 2 rings (SSSR count). The fourth-order valence-electron chi connectivity index (χ4n) is 1.41. The third kappa shape index (κ3) is 0.622. The zero-order valence-electron chi connectivity index (χ0n) is 4.80. The standard InChI is InChI=1S/C5H10O2Si/c1-3-6-8-5(1)2-4-7-8/h5,8H,1-4H2. The third-order valence-electron chi connectivity index (χ3n) is 1.93. The Balaban J connectivity index is 2.04. The summed E-state index contributed by atoms with van der Waals surface area (Å²) in [5.74, 6) is 0. The Morgan fingerprint density at radius 3 is 2.25 bits per heavy atom. The molecule has 2 saturated heterocycles. The van der Waals surface area contributed by atoms with Gasteiger partial charge in [-0.05, 0) is 12.8 Å². The summed E-state index contributed by atoms with van der Waals surface area (Å²) in [7, 11) is -1.04. The number of hydrogen-bond donors (Lipinski definition) is 0. The molecule has 0 N–H and O–H groups in total. The van der Waals surface area contributed by atoms with Gasteiger partial charge in [0.05, 0.1) is 0 Å². The van der Waals surface area contributed by atoms with Gasteiger partial charge in [-0.15, -0.1) is 0 Å². The molecule has 0 aromatic carbocycles. The van der Waals surface area contributed by atoms with Crippen LogP contribution in [0.5, 0.6) is 0 Å². The lowest BCUT2D eigenvalue weighted by Gasteiger charge is -2.00. The molecule has 0 atom stereocenters. The van der Waals surface area contributed by atoms with Gasteiger partial charge in [-0.2, -0.15) is 0 Å². The molecular formula is C5H10O2Si. The molecule has 0 radical (unpaired) electrons. The molecule has 0 unspecified atom stereocenters. The van der Waals surface area contributed by atoms with Crippen LogP contribution in [-0.4, -0.2) is 22.5 Å². The third-order valence-corrected chi connectivity index (χ3v) is 4.49. The van der Waals surface area contributed by atoms with Crippen LogP contribution in [0.15, 0.2) is 0 Å². The molecule has 46 valence electrons. The minimum atomic E-state index is -1.04. The SMILES string of the molecule is C1CC2CCO[SiH]2O1. The van der Waals surface area contributed by atoms with Gasteiger partial charge in [0.1, 0.15) is 0 Å². The van der Waals surface area contributed by atoms with E-state index in [2.05, 4.69) is 0 Å². The molecule has 2 nitrogen and oxygen atoms in total. The molecular weight excluding hydrogens is 120 g/mol. The zero-order chi connectivity index (χ0) is 5.40. The van der Waals surface area contributed by atoms with Crippen molar-refractivity contribution in [1.82, 2.24) is 0 Å². The lowest BCUT2D eigenvalue weighted by Crippen LogP contribution is -2.13. The normalized spacial score (nSPS) is 45.0. The number of hydrogen-bond acceptors (Lipinski definition) is 2. The van der Waals surface area contributed by atoms with E-state index in [9.17, 15) is 0 Å². The molecule has 0 saturated carbocycles. The Morgan fingerprint density at radius 1 is 1.12 bits per heavy atom. The van der Waals surface area contributed by atoms with Crippen molar-refractivity contribution in [2.24, 2.45) is 0 Å². The van der Waals surface area contributed by atoms with Crippen LogP contribution in [0, 0.1) is 0 Å². The highest BCUT2D eigenvalue weighted by Crippen LogP contribution is 2.32. The van der Waals surface area contributed by atoms with Gasteiger partial charge in [-0.25, -0.2) is 0 Å². The molecule has 2 fully saturated rings. The van der Waals surface area contributed by atoms with Crippen molar-refractivity contribution in [3.63, 3.8) is 0 Å². The molecule has 8 heavy (non-hydrogen) atoms. The van der Waals surface area contributed by atoms with Crippen molar-refractivity contribution in [2.45, 2.75) is 18.4 Å². The van der Waals surface area contributed by atoms with E-state index >= 15 is 0 Å². The first-order chi connectivity index (χ1) is 3.97. The molecule has 0 aliphatic carbocycles. The summed E-state index contributed by atoms with van der Waals surface area (Å²) in [6.07, 6.45) is 2.55. The minimum Gasteiger partial charge on any atom is -0.396 e. The van der Waals surface area contributed by atoms with Crippen LogP contribution in [0.3, 0.4) is 0 Å². The Kier molecular flexibility index (Phi) is 1.13. The highest BCUT2D eigenvalue weighted by atomic mass is 28.3. The minimum absolute atomic E-state index is 0.870. The van der Waals surface area contributed by atoms with E-state index in [1.165, 1.54) is 12.8 Å². The van der Waals surface area contributed by atoms with Crippen molar-refractivity contribution in [3.05, 3.63) is 0 Å². The van der Waals surface area contributed by atoms with Crippen molar-refractivity contribution in [3.8, 4) is 0 Å². The molecule has 2 aliphatic rings. The van der Waals surface area contributed by atoms with Crippen LogP contribution < -0.4 is 0 Å². The van der Waals surface area contributed by atoms with Crippen LogP contribution in [0.1, 0.15) is 12.8 Å². The lowest BCUT2D eigenvalue weighted by atomic mass is 10.2. The predicted molar refractivity (Wildman–Crippen MR) is 32.0 cm³/mol.